The minimum Gasteiger partial charge on any atom is -0.437 e. The standard InChI is InChI=1S/C32H31BClF3N10O7/c1-33(52)45-8-7-20(48)14-24(45)31(51)44-11-9-43(10-12-44)30(50)21-5-3-18(13-23(21)34)40-29(49)28-39-16-25(42(28)2)22-17-46(41-27(22)32(35,36)37)26-6-4-19(15-38-26)47(53)54/h3-6,13,15-17,24,52H,7-12,14H2,1-2H3,(H,40,49)/t24-/m0/s1. The highest BCUT2D eigenvalue weighted by Crippen LogP contribution is 2.37. The molecule has 22 heteroatoms. The maximum absolute atomic E-state index is 14.1. The number of pyridine rings is 1. The number of imidazole rings is 1. The third-order valence-electron chi connectivity index (χ3n) is 9.20. The number of benzene rings is 1. The van der Waals surface area contributed by atoms with Gasteiger partial charge in [0.05, 0.1) is 39.0 Å². The summed E-state index contributed by atoms with van der Waals surface area (Å²) in [6, 6.07) is 5.61. The van der Waals surface area contributed by atoms with E-state index in [4.69, 9.17) is 11.6 Å². The van der Waals surface area contributed by atoms with Gasteiger partial charge in [-0.2, -0.15) is 18.3 Å². The van der Waals surface area contributed by atoms with Crippen LogP contribution in [0.3, 0.4) is 0 Å². The number of alkyl halides is 3. The number of nitro groups is 1. The number of carbonyl (C=O) groups is 4. The van der Waals surface area contributed by atoms with Crippen LogP contribution in [-0.4, -0.2) is 118 Å². The van der Waals surface area contributed by atoms with Crippen molar-refractivity contribution in [3.05, 3.63) is 81.1 Å². The lowest BCUT2D eigenvalue weighted by atomic mass is 9.79. The Morgan fingerprint density at radius 2 is 1.76 bits per heavy atom. The van der Waals surface area contributed by atoms with Gasteiger partial charge < -0.3 is 29.5 Å². The van der Waals surface area contributed by atoms with E-state index in [1.165, 1.54) is 30.1 Å². The minimum absolute atomic E-state index is 0.00668. The van der Waals surface area contributed by atoms with E-state index in [-0.39, 0.29) is 96.6 Å². The van der Waals surface area contributed by atoms with E-state index in [0.29, 0.717) is 0 Å². The van der Waals surface area contributed by atoms with Gasteiger partial charge in [0.15, 0.2) is 17.3 Å². The Labute approximate surface area is 309 Å². The van der Waals surface area contributed by atoms with Crippen LogP contribution < -0.4 is 5.32 Å². The fourth-order valence-electron chi connectivity index (χ4n) is 6.37. The Bertz CT molecular complexity index is 2140. The Balaban J connectivity index is 1.12. The predicted molar refractivity (Wildman–Crippen MR) is 186 cm³/mol. The molecule has 3 amide bonds. The maximum Gasteiger partial charge on any atom is 0.435 e. The molecule has 0 bridgehead atoms. The van der Waals surface area contributed by atoms with E-state index in [9.17, 15) is 47.5 Å². The Morgan fingerprint density at radius 3 is 2.37 bits per heavy atom. The van der Waals surface area contributed by atoms with Crippen molar-refractivity contribution in [2.45, 2.75) is 31.9 Å². The highest BCUT2D eigenvalue weighted by Gasteiger charge is 2.40. The smallest absolute Gasteiger partial charge is 0.435 e. The Hall–Kier alpha value is -5.67. The molecule has 282 valence electrons. The van der Waals surface area contributed by atoms with Crippen LogP contribution in [0.1, 0.15) is 39.5 Å². The van der Waals surface area contributed by atoms with Crippen molar-refractivity contribution in [2.75, 3.05) is 38.0 Å². The average molecular weight is 771 g/mol. The zero-order chi connectivity index (χ0) is 39.1. The Morgan fingerprint density at radius 1 is 1.06 bits per heavy atom. The average Bonchev–Trinajstić information content (AvgIpc) is 3.75. The van der Waals surface area contributed by atoms with Gasteiger partial charge in [0.2, 0.25) is 5.91 Å². The number of piperazine rings is 1. The molecule has 0 aliphatic carbocycles. The molecule has 0 spiro atoms. The summed E-state index contributed by atoms with van der Waals surface area (Å²) < 4.78 is 44.1. The van der Waals surface area contributed by atoms with Crippen LogP contribution in [0.15, 0.2) is 48.9 Å². The van der Waals surface area contributed by atoms with Gasteiger partial charge in [-0.25, -0.2) is 14.6 Å². The summed E-state index contributed by atoms with van der Waals surface area (Å²) in [5.41, 5.74) is -1.92. The van der Waals surface area contributed by atoms with Crippen molar-refractivity contribution in [3.8, 4) is 17.1 Å². The zero-order valence-electron chi connectivity index (χ0n) is 28.7. The van der Waals surface area contributed by atoms with E-state index in [1.54, 1.807) is 16.5 Å². The number of anilines is 1. The number of aromatic nitrogens is 5. The second kappa shape index (κ2) is 15.0. The molecule has 1 aromatic carbocycles. The summed E-state index contributed by atoms with van der Waals surface area (Å²) in [5, 5.41) is 27.3. The third kappa shape index (κ3) is 7.68. The molecule has 6 rings (SSSR count). The molecular weight excluding hydrogens is 740 g/mol. The van der Waals surface area contributed by atoms with Gasteiger partial charge in [-0.05, 0) is 37.6 Å². The normalized spacial score (nSPS) is 16.7. The van der Waals surface area contributed by atoms with Crippen molar-refractivity contribution in [1.29, 1.82) is 0 Å². The molecule has 5 heterocycles. The number of carbonyl (C=O) groups excluding carboxylic acids is 4. The van der Waals surface area contributed by atoms with Gasteiger partial charge in [0, 0.05) is 64.0 Å². The van der Waals surface area contributed by atoms with E-state index in [2.05, 4.69) is 20.4 Å². The summed E-state index contributed by atoms with van der Waals surface area (Å²) in [7, 11) is 0.433. The number of halogens is 4. The van der Waals surface area contributed by atoms with Crippen molar-refractivity contribution in [3.63, 3.8) is 0 Å². The molecule has 0 radical (unpaired) electrons. The number of nitrogens with zero attached hydrogens (tertiary/aromatic N) is 9. The van der Waals surface area contributed by atoms with Crippen molar-refractivity contribution >= 4 is 53.5 Å². The molecule has 3 aromatic heterocycles. The van der Waals surface area contributed by atoms with Crippen molar-refractivity contribution < 1.29 is 42.3 Å². The summed E-state index contributed by atoms with van der Waals surface area (Å²) in [5.74, 6) is -1.94. The van der Waals surface area contributed by atoms with Crippen LogP contribution in [0, 0.1) is 10.1 Å². The van der Waals surface area contributed by atoms with Gasteiger partial charge in [0.25, 0.3) is 17.5 Å². The molecule has 17 nitrogen and oxygen atoms in total. The lowest BCUT2D eigenvalue weighted by Crippen LogP contribution is -2.60. The van der Waals surface area contributed by atoms with E-state index in [1.807, 2.05) is 0 Å². The molecule has 1 atom stereocenters. The molecule has 2 saturated heterocycles. The van der Waals surface area contributed by atoms with Gasteiger partial charge in [-0.15, -0.1) is 0 Å². The number of hydrogen-bond donors (Lipinski definition) is 2. The Kier molecular flexibility index (Phi) is 10.6. The zero-order valence-corrected chi connectivity index (χ0v) is 29.4. The van der Waals surface area contributed by atoms with Crippen LogP contribution in [0.25, 0.3) is 17.1 Å². The number of Topliss-reactive ketones (excluding diaryl/α,β-unsaturated/α-hetero) is 1. The number of rotatable bonds is 8. The van der Waals surface area contributed by atoms with Gasteiger partial charge in [-0.1, -0.05) is 11.6 Å². The quantitative estimate of drug-likeness (QED) is 0.152. The molecule has 0 saturated carbocycles. The fourth-order valence-corrected chi connectivity index (χ4v) is 6.63. The van der Waals surface area contributed by atoms with Crippen molar-refractivity contribution in [1.82, 2.24) is 38.9 Å². The maximum atomic E-state index is 14.1. The molecule has 0 unspecified atom stereocenters. The molecule has 54 heavy (non-hydrogen) atoms. The first kappa shape index (κ1) is 38.1. The van der Waals surface area contributed by atoms with Gasteiger partial charge >= 0.3 is 13.2 Å². The SMILES string of the molecule is CB(O)N1CCC(=O)C[C@H]1C(=O)N1CCN(C(=O)c2ccc(NC(=O)c3ncc(-c4cn(-c5ccc([N+](=O)[O-])cn5)nc4C(F)(F)F)n3C)cc2Cl)CC1. The van der Waals surface area contributed by atoms with E-state index >= 15 is 0 Å². The minimum atomic E-state index is -4.92. The summed E-state index contributed by atoms with van der Waals surface area (Å²) in [6.07, 6.45) is -1.68. The lowest BCUT2D eigenvalue weighted by Gasteiger charge is -2.41. The molecule has 2 aliphatic rings. The lowest BCUT2D eigenvalue weighted by molar-refractivity contribution is -0.385. The fraction of sp³-hybridized carbons (Fsp3) is 0.344. The summed E-state index contributed by atoms with van der Waals surface area (Å²) in [6.45, 7) is 2.62. The summed E-state index contributed by atoms with van der Waals surface area (Å²) >= 11 is 6.47. The van der Waals surface area contributed by atoms with E-state index in [0.717, 1.165) is 40.0 Å². The second-order valence-corrected chi connectivity index (χ2v) is 13.0. The van der Waals surface area contributed by atoms with Gasteiger partial charge in [-0.3, -0.25) is 29.3 Å². The van der Waals surface area contributed by atoms with E-state index < -0.39 is 47.3 Å². The largest absolute Gasteiger partial charge is 0.437 e. The highest BCUT2D eigenvalue weighted by molar-refractivity contribution is 6.46. The molecular formula is C32H31BClF3N10O7. The first-order valence-electron chi connectivity index (χ1n) is 16.5. The molecule has 4 aromatic rings. The van der Waals surface area contributed by atoms with Crippen LogP contribution in [0.2, 0.25) is 11.8 Å². The molecule has 2 aliphatic heterocycles. The highest BCUT2D eigenvalue weighted by atomic mass is 35.5. The number of amides is 3. The van der Waals surface area contributed by atoms with Crippen LogP contribution in [0.5, 0.6) is 0 Å². The topological polar surface area (TPSA) is 202 Å². The molecule has 2 fully saturated rings. The van der Waals surface area contributed by atoms with Crippen LogP contribution in [0.4, 0.5) is 24.5 Å². The first-order valence-corrected chi connectivity index (χ1v) is 16.9. The van der Waals surface area contributed by atoms with Gasteiger partial charge in [0.1, 0.15) is 12.0 Å². The predicted octanol–water partition coefficient (Wildman–Crippen LogP) is 2.93. The van der Waals surface area contributed by atoms with Crippen LogP contribution >= 0.6 is 11.6 Å². The molecule has 2 N–H and O–H groups in total. The van der Waals surface area contributed by atoms with Crippen LogP contribution in [-0.2, 0) is 22.8 Å². The number of ketones is 1. The third-order valence-corrected chi connectivity index (χ3v) is 9.51. The monoisotopic (exact) mass is 770 g/mol. The second-order valence-electron chi connectivity index (χ2n) is 12.6. The van der Waals surface area contributed by atoms with Crippen molar-refractivity contribution in [2.24, 2.45) is 7.05 Å². The summed E-state index contributed by atoms with van der Waals surface area (Å²) in [4.78, 5) is 74.7. The first-order chi connectivity index (χ1) is 25.5. The number of nitrogens with one attached hydrogen (secondary N) is 1. The number of hydrogen-bond acceptors (Lipinski definition) is 11. The number of piperidine rings is 1.